The van der Waals surface area contributed by atoms with Crippen molar-refractivity contribution in [2.45, 2.75) is 19.5 Å². The average molecular weight is 416 g/mol. The topological polar surface area (TPSA) is 111 Å². The van der Waals surface area contributed by atoms with Gasteiger partial charge in [0.1, 0.15) is 5.39 Å². The monoisotopic (exact) mass is 416 g/mol. The summed E-state index contributed by atoms with van der Waals surface area (Å²) in [6.45, 7) is 0.404. The maximum atomic E-state index is 12.7. The number of nitrogens with one attached hydrogen (secondary N) is 2. The first-order valence-corrected chi connectivity index (χ1v) is 9.72. The van der Waals surface area contributed by atoms with E-state index in [1.807, 2.05) is 60.7 Å². The molecule has 0 saturated heterocycles. The molecule has 3 amide bonds. The molecule has 0 spiro atoms. The van der Waals surface area contributed by atoms with Crippen LogP contribution in [-0.4, -0.2) is 31.3 Å². The fourth-order valence-corrected chi connectivity index (χ4v) is 3.10. The molecule has 0 unspecified atom stereocenters. The van der Waals surface area contributed by atoms with E-state index in [0.717, 1.165) is 11.3 Å². The molecule has 9 nitrogen and oxygen atoms in total. The molecule has 0 aliphatic rings. The Morgan fingerprint density at radius 1 is 0.968 bits per heavy atom. The van der Waals surface area contributed by atoms with Crippen LogP contribution in [0.3, 0.4) is 0 Å². The molecule has 2 aromatic carbocycles. The second kappa shape index (κ2) is 9.04. The lowest BCUT2D eigenvalue weighted by molar-refractivity contribution is -0.120. The third-order valence-corrected chi connectivity index (χ3v) is 4.68. The summed E-state index contributed by atoms with van der Waals surface area (Å²) in [4.78, 5) is 41.0. The Bertz CT molecular complexity index is 1260. The second-order valence-corrected chi connectivity index (χ2v) is 6.84. The Morgan fingerprint density at radius 2 is 1.68 bits per heavy atom. The molecule has 156 valence electrons. The number of urea groups is 1. The van der Waals surface area contributed by atoms with Gasteiger partial charge in [0.25, 0.3) is 5.56 Å². The van der Waals surface area contributed by atoms with Crippen LogP contribution in [0.25, 0.3) is 16.7 Å². The lowest BCUT2D eigenvalue weighted by Gasteiger charge is -2.08. The summed E-state index contributed by atoms with van der Waals surface area (Å²) in [5, 5.41) is 9.49. The lowest BCUT2D eigenvalue weighted by atomic mass is 10.2. The van der Waals surface area contributed by atoms with Gasteiger partial charge in [0.05, 0.1) is 18.2 Å². The Balaban J connectivity index is 1.36. The normalized spacial score (nSPS) is 10.7. The molecular formula is C22H20N6O3. The standard InChI is InChI=1S/C22H20N6O3/c29-19(26-22(31)23-13-16-7-3-1-4-8-16)11-12-27-15-24-20-18(21(27)30)14-25-28(20)17-9-5-2-6-10-17/h1-10,14-15H,11-13H2,(H2,23,26,29,31). The van der Waals surface area contributed by atoms with Crippen molar-refractivity contribution in [3.05, 3.63) is 89.1 Å². The van der Waals surface area contributed by atoms with Gasteiger partial charge in [0.15, 0.2) is 5.65 Å². The molecule has 9 heteroatoms. The molecule has 4 rings (SSSR count). The molecule has 2 N–H and O–H groups in total. The number of carbonyl (C=O) groups excluding carboxylic acids is 2. The zero-order valence-electron chi connectivity index (χ0n) is 16.6. The molecule has 31 heavy (non-hydrogen) atoms. The number of fused-ring (bicyclic) bond motifs is 1. The van der Waals surface area contributed by atoms with E-state index in [0.29, 0.717) is 17.6 Å². The molecule has 0 saturated carbocycles. The number of nitrogens with zero attached hydrogens (tertiary/aromatic N) is 4. The zero-order valence-corrected chi connectivity index (χ0v) is 16.6. The van der Waals surface area contributed by atoms with Gasteiger partial charge in [-0.1, -0.05) is 48.5 Å². The zero-order chi connectivity index (χ0) is 21.6. The molecular weight excluding hydrogens is 396 g/mol. The van der Waals surface area contributed by atoms with E-state index < -0.39 is 11.9 Å². The smallest absolute Gasteiger partial charge is 0.321 e. The number of aryl methyl sites for hydroxylation is 1. The minimum Gasteiger partial charge on any atom is -0.334 e. The van der Waals surface area contributed by atoms with Crippen molar-refractivity contribution in [3.8, 4) is 5.69 Å². The number of benzene rings is 2. The molecule has 0 atom stereocenters. The first kappa shape index (κ1) is 20.0. The van der Waals surface area contributed by atoms with Crippen molar-refractivity contribution in [2.75, 3.05) is 0 Å². The van der Waals surface area contributed by atoms with Gasteiger partial charge in [-0.15, -0.1) is 0 Å². The first-order chi connectivity index (χ1) is 15.1. The highest BCUT2D eigenvalue weighted by atomic mass is 16.2. The van der Waals surface area contributed by atoms with Crippen LogP contribution in [-0.2, 0) is 17.9 Å². The quantitative estimate of drug-likeness (QED) is 0.499. The maximum Gasteiger partial charge on any atom is 0.321 e. The predicted octanol–water partition coefficient (Wildman–Crippen LogP) is 2.00. The van der Waals surface area contributed by atoms with Crippen molar-refractivity contribution >= 4 is 23.0 Å². The number of amides is 3. The van der Waals surface area contributed by atoms with Crippen molar-refractivity contribution in [1.29, 1.82) is 0 Å². The summed E-state index contributed by atoms with van der Waals surface area (Å²) in [7, 11) is 0. The Labute approximate surface area is 177 Å². The Hall–Kier alpha value is -4.27. The predicted molar refractivity (Wildman–Crippen MR) is 115 cm³/mol. The number of hydrogen-bond donors (Lipinski definition) is 2. The summed E-state index contributed by atoms with van der Waals surface area (Å²) in [6.07, 6.45) is 2.80. The fourth-order valence-electron chi connectivity index (χ4n) is 3.10. The lowest BCUT2D eigenvalue weighted by Crippen LogP contribution is -2.39. The van der Waals surface area contributed by atoms with Crippen LogP contribution < -0.4 is 16.2 Å². The molecule has 2 heterocycles. The molecule has 0 aliphatic heterocycles. The number of carbonyl (C=O) groups is 2. The van der Waals surface area contributed by atoms with E-state index in [1.165, 1.54) is 17.1 Å². The third kappa shape index (κ3) is 4.67. The summed E-state index contributed by atoms with van der Waals surface area (Å²) >= 11 is 0. The van der Waals surface area contributed by atoms with Gasteiger partial charge >= 0.3 is 6.03 Å². The van der Waals surface area contributed by atoms with Crippen molar-refractivity contribution in [2.24, 2.45) is 0 Å². The van der Waals surface area contributed by atoms with Crippen LogP contribution in [0.2, 0.25) is 0 Å². The number of para-hydroxylation sites is 1. The van der Waals surface area contributed by atoms with E-state index in [9.17, 15) is 14.4 Å². The van der Waals surface area contributed by atoms with Crippen LogP contribution in [0.15, 0.2) is 78.0 Å². The van der Waals surface area contributed by atoms with Crippen LogP contribution in [0.5, 0.6) is 0 Å². The SMILES string of the molecule is O=C(CCn1cnc2c(cnn2-c2ccccc2)c1=O)NC(=O)NCc1ccccc1. The average Bonchev–Trinajstić information content (AvgIpc) is 3.23. The van der Waals surface area contributed by atoms with Gasteiger partial charge in [0, 0.05) is 19.5 Å². The molecule has 0 fully saturated rings. The fraction of sp³-hybridized carbons (Fsp3) is 0.136. The highest BCUT2D eigenvalue weighted by Crippen LogP contribution is 2.12. The van der Waals surface area contributed by atoms with Crippen molar-refractivity contribution < 1.29 is 9.59 Å². The van der Waals surface area contributed by atoms with Crippen LogP contribution in [0.1, 0.15) is 12.0 Å². The number of aromatic nitrogens is 4. The summed E-state index contributed by atoms with van der Waals surface area (Å²) in [5.41, 5.74) is 1.86. The van der Waals surface area contributed by atoms with Gasteiger partial charge in [-0.25, -0.2) is 14.5 Å². The van der Waals surface area contributed by atoms with Gasteiger partial charge in [-0.3, -0.25) is 19.5 Å². The van der Waals surface area contributed by atoms with Crippen LogP contribution >= 0.6 is 0 Å². The van der Waals surface area contributed by atoms with E-state index in [1.54, 1.807) is 4.68 Å². The minimum absolute atomic E-state index is 0.0430. The number of rotatable bonds is 6. The first-order valence-electron chi connectivity index (χ1n) is 9.72. The molecule has 0 aliphatic carbocycles. The minimum atomic E-state index is -0.584. The van der Waals surface area contributed by atoms with Gasteiger partial charge < -0.3 is 5.32 Å². The van der Waals surface area contributed by atoms with E-state index in [4.69, 9.17) is 0 Å². The maximum absolute atomic E-state index is 12.7. The third-order valence-electron chi connectivity index (χ3n) is 4.68. The highest BCUT2D eigenvalue weighted by molar-refractivity contribution is 5.94. The summed E-state index contributed by atoms with van der Waals surface area (Å²) < 4.78 is 2.92. The van der Waals surface area contributed by atoms with Crippen molar-refractivity contribution in [1.82, 2.24) is 30.0 Å². The number of imide groups is 1. The molecule has 0 bridgehead atoms. The Kier molecular flexibility index (Phi) is 5.84. The van der Waals surface area contributed by atoms with Crippen LogP contribution in [0.4, 0.5) is 4.79 Å². The van der Waals surface area contributed by atoms with E-state index in [-0.39, 0.29) is 18.5 Å². The van der Waals surface area contributed by atoms with E-state index in [2.05, 4.69) is 20.7 Å². The largest absolute Gasteiger partial charge is 0.334 e. The molecule has 0 radical (unpaired) electrons. The second-order valence-electron chi connectivity index (χ2n) is 6.84. The summed E-state index contributed by atoms with van der Waals surface area (Å²) in [5.74, 6) is -0.488. The molecule has 2 aromatic heterocycles. The summed E-state index contributed by atoms with van der Waals surface area (Å²) in [6, 6.07) is 18.2. The Morgan fingerprint density at radius 3 is 2.42 bits per heavy atom. The molecule has 4 aromatic rings. The van der Waals surface area contributed by atoms with Gasteiger partial charge in [0.2, 0.25) is 5.91 Å². The van der Waals surface area contributed by atoms with Crippen LogP contribution in [0, 0.1) is 0 Å². The number of hydrogen-bond acceptors (Lipinski definition) is 5. The van der Waals surface area contributed by atoms with Gasteiger partial charge in [-0.05, 0) is 17.7 Å². The van der Waals surface area contributed by atoms with Gasteiger partial charge in [-0.2, -0.15) is 5.10 Å². The van der Waals surface area contributed by atoms with E-state index >= 15 is 0 Å². The van der Waals surface area contributed by atoms with Crippen molar-refractivity contribution in [3.63, 3.8) is 0 Å². The highest BCUT2D eigenvalue weighted by Gasteiger charge is 2.13.